The lowest BCUT2D eigenvalue weighted by Crippen LogP contribution is -2.38. The molecular weight excluding hydrogens is 253 g/mol. The summed E-state index contributed by atoms with van der Waals surface area (Å²) < 4.78 is 13.9. The molecule has 0 radical (unpaired) electrons. The Bertz CT molecular complexity index is 537. The van der Waals surface area contributed by atoms with Gasteiger partial charge < -0.3 is 5.73 Å². The van der Waals surface area contributed by atoms with E-state index in [9.17, 15) is 4.39 Å². The molecule has 1 saturated carbocycles. The molecule has 1 aliphatic heterocycles. The lowest BCUT2D eigenvalue weighted by molar-refractivity contribution is 0.259. The summed E-state index contributed by atoms with van der Waals surface area (Å²) in [4.78, 5) is 2.31. The monoisotopic (exact) mass is 273 g/mol. The smallest absolute Gasteiger partial charge is 0.129 e. The Hall–Kier alpha value is -1.44. The first kappa shape index (κ1) is 13.5. The van der Waals surface area contributed by atoms with Crippen molar-refractivity contribution in [3.8, 4) is 6.07 Å². The van der Waals surface area contributed by atoms with Gasteiger partial charge in [-0.05, 0) is 36.8 Å². The summed E-state index contributed by atoms with van der Waals surface area (Å²) in [5, 5.41) is 8.77. The van der Waals surface area contributed by atoms with Crippen LogP contribution in [0.2, 0.25) is 0 Å². The SMILES string of the molecule is N#Cc1ccc(CN2CC3CCCC(N)C3C2)c(F)c1. The van der Waals surface area contributed by atoms with E-state index in [1.165, 1.54) is 18.9 Å². The standard InChI is InChI=1S/C16H20FN3/c17-15-6-11(7-18)4-5-13(15)9-20-8-12-2-1-3-16(19)14(12)10-20/h4-6,12,14,16H,1-3,8-10,19H2. The van der Waals surface area contributed by atoms with Crippen molar-refractivity contribution in [1.29, 1.82) is 5.26 Å². The summed E-state index contributed by atoms with van der Waals surface area (Å²) in [7, 11) is 0. The van der Waals surface area contributed by atoms with Crippen LogP contribution in [0.5, 0.6) is 0 Å². The fraction of sp³-hybridized carbons (Fsp3) is 0.562. The van der Waals surface area contributed by atoms with Crippen molar-refractivity contribution in [2.45, 2.75) is 31.8 Å². The van der Waals surface area contributed by atoms with Crippen LogP contribution in [0.1, 0.15) is 30.4 Å². The second-order valence-corrected chi connectivity index (χ2v) is 6.13. The Labute approximate surface area is 119 Å². The summed E-state index contributed by atoms with van der Waals surface area (Å²) >= 11 is 0. The van der Waals surface area contributed by atoms with E-state index in [1.54, 1.807) is 12.1 Å². The molecule has 20 heavy (non-hydrogen) atoms. The highest BCUT2D eigenvalue weighted by atomic mass is 19.1. The van der Waals surface area contributed by atoms with E-state index in [2.05, 4.69) is 4.90 Å². The molecule has 0 bridgehead atoms. The van der Waals surface area contributed by atoms with Crippen LogP contribution < -0.4 is 5.73 Å². The average molecular weight is 273 g/mol. The van der Waals surface area contributed by atoms with Gasteiger partial charge in [-0.3, -0.25) is 4.90 Å². The number of hydrogen-bond acceptors (Lipinski definition) is 3. The van der Waals surface area contributed by atoms with Crippen LogP contribution in [0.25, 0.3) is 0 Å². The Balaban J connectivity index is 1.69. The average Bonchev–Trinajstić information content (AvgIpc) is 2.85. The number of fused-ring (bicyclic) bond motifs is 1. The predicted molar refractivity (Wildman–Crippen MR) is 75.2 cm³/mol. The second-order valence-electron chi connectivity index (χ2n) is 6.13. The fourth-order valence-corrected chi connectivity index (χ4v) is 3.72. The van der Waals surface area contributed by atoms with Gasteiger partial charge in [-0.25, -0.2) is 4.39 Å². The Morgan fingerprint density at radius 3 is 2.90 bits per heavy atom. The number of nitrogens with two attached hydrogens (primary N) is 1. The van der Waals surface area contributed by atoms with Gasteiger partial charge in [-0.2, -0.15) is 5.26 Å². The van der Waals surface area contributed by atoms with Gasteiger partial charge in [0.25, 0.3) is 0 Å². The molecule has 1 saturated heterocycles. The van der Waals surface area contributed by atoms with E-state index in [0.29, 0.717) is 35.5 Å². The first-order valence-corrected chi connectivity index (χ1v) is 7.34. The molecule has 1 aliphatic carbocycles. The zero-order valence-corrected chi connectivity index (χ0v) is 11.6. The fourth-order valence-electron chi connectivity index (χ4n) is 3.72. The van der Waals surface area contributed by atoms with Gasteiger partial charge in [0.05, 0.1) is 11.6 Å². The van der Waals surface area contributed by atoms with Crippen LogP contribution in [0, 0.1) is 29.0 Å². The maximum Gasteiger partial charge on any atom is 0.129 e. The van der Waals surface area contributed by atoms with Crippen LogP contribution in [0.4, 0.5) is 4.39 Å². The van der Waals surface area contributed by atoms with Gasteiger partial charge >= 0.3 is 0 Å². The lowest BCUT2D eigenvalue weighted by Gasteiger charge is -2.29. The Morgan fingerprint density at radius 2 is 2.20 bits per heavy atom. The van der Waals surface area contributed by atoms with E-state index in [4.69, 9.17) is 11.0 Å². The largest absolute Gasteiger partial charge is 0.327 e. The third kappa shape index (κ3) is 2.56. The van der Waals surface area contributed by atoms with Crippen molar-refractivity contribution in [1.82, 2.24) is 4.90 Å². The predicted octanol–water partition coefficient (Wildman–Crippen LogP) is 2.26. The highest BCUT2D eigenvalue weighted by Crippen LogP contribution is 2.36. The summed E-state index contributed by atoms with van der Waals surface area (Å²) in [5.74, 6) is 0.980. The Kier molecular flexibility index (Phi) is 3.73. The second kappa shape index (κ2) is 5.51. The minimum Gasteiger partial charge on any atom is -0.327 e. The minimum absolute atomic E-state index is 0.275. The highest BCUT2D eigenvalue weighted by molar-refractivity contribution is 5.32. The molecule has 3 atom stereocenters. The summed E-state index contributed by atoms with van der Waals surface area (Å²) in [6.45, 7) is 2.63. The Morgan fingerprint density at radius 1 is 1.35 bits per heavy atom. The third-order valence-electron chi connectivity index (χ3n) is 4.81. The van der Waals surface area contributed by atoms with E-state index in [-0.39, 0.29) is 5.82 Å². The molecule has 106 valence electrons. The van der Waals surface area contributed by atoms with Crippen LogP contribution in [0.3, 0.4) is 0 Å². The number of nitrogens with zero attached hydrogens (tertiary/aromatic N) is 2. The van der Waals surface area contributed by atoms with Crippen LogP contribution >= 0.6 is 0 Å². The number of benzene rings is 1. The van der Waals surface area contributed by atoms with Crippen molar-refractivity contribution in [3.05, 3.63) is 35.1 Å². The van der Waals surface area contributed by atoms with Gasteiger partial charge in [0.2, 0.25) is 0 Å². The number of hydrogen-bond donors (Lipinski definition) is 1. The van der Waals surface area contributed by atoms with Gasteiger partial charge in [0, 0.05) is 31.2 Å². The molecule has 3 unspecified atom stereocenters. The lowest BCUT2D eigenvalue weighted by atomic mass is 9.78. The third-order valence-corrected chi connectivity index (χ3v) is 4.81. The molecule has 1 aromatic carbocycles. The van der Waals surface area contributed by atoms with E-state index < -0.39 is 0 Å². The minimum atomic E-state index is -0.275. The van der Waals surface area contributed by atoms with Crippen molar-refractivity contribution in [3.63, 3.8) is 0 Å². The number of halogens is 1. The van der Waals surface area contributed by atoms with Crippen molar-refractivity contribution in [2.24, 2.45) is 17.6 Å². The zero-order chi connectivity index (χ0) is 14.1. The first-order chi connectivity index (χ1) is 9.67. The van der Waals surface area contributed by atoms with Crippen LogP contribution in [-0.4, -0.2) is 24.0 Å². The number of rotatable bonds is 2. The van der Waals surface area contributed by atoms with E-state index in [0.717, 1.165) is 19.5 Å². The van der Waals surface area contributed by atoms with Gasteiger partial charge in [-0.15, -0.1) is 0 Å². The molecule has 3 rings (SSSR count). The number of nitriles is 1. The summed E-state index contributed by atoms with van der Waals surface area (Å²) in [6, 6.07) is 7.02. The van der Waals surface area contributed by atoms with Gasteiger partial charge in [0.1, 0.15) is 5.82 Å². The molecule has 0 spiro atoms. The van der Waals surface area contributed by atoms with Crippen LogP contribution in [0.15, 0.2) is 18.2 Å². The van der Waals surface area contributed by atoms with E-state index >= 15 is 0 Å². The molecule has 3 nitrogen and oxygen atoms in total. The van der Waals surface area contributed by atoms with Crippen LogP contribution in [-0.2, 0) is 6.54 Å². The summed E-state index contributed by atoms with van der Waals surface area (Å²) in [5.41, 5.74) is 7.26. The van der Waals surface area contributed by atoms with Crippen molar-refractivity contribution in [2.75, 3.05) is 13.1 Å². The molecule has 0 aromatic heterocycles. The molecule has 2 aliphatic rings. The molecule has 1 aromatic rings. The molecule has 2 fully saturated rings. The van der Waals surface area contributed by atoms with E-state index in [1.807, 2.05) is 6.07 Å². The normalized spacial score (nSPS) is 29.9. The van der Waals surface area contributed by atoms with Gasteiger partial charge in [-0.1, -0.05) is 12.5 Å². The molecular formula is C16H20FN3. The quantitative estimate of drug-likeness (QED) is 0.899. The highest BCUT2D eigenvalue weighted by Gasteiger charge is 2.38. The van der Waals surface area contributed by atoms with Crippen molar-refractivity contribution >= 4 is 0 Å². The zero-order valence-electron chi connectivity index (χ0n) is 11.6. The van der Waals surface area contributed by atoms with Gasteiger partial charge in [0.15, 0.2) is 0 Å². The van der Waals surface area contributed by atoms with Crippen molar-refractivity contribution < 1.29 is 4.39 Å². The topological polar surface area (TPSA) is 53.0 Å². The number of likely N-dealkylation sites (tertiary alicyclic amines) is 1. The molecule has 4 heteroatoms. The maximum atomic E-state index is 13.9. The molecule has 1 heterocycles. The maximum absolute atomic E-state index is 13.9. The molecule has 2 N–H and O–H groups in total. The first-order valence-electron chi connectivity index (χ1n) is 7.34. The molecule has 0 amide bonds. The summed E-state index contributed by atoms with van der Waals surface area (Å²) in [6.07, 6.45) is 3.60.